The molecule has 140 valence electrons. The van der Waals surface area contributed by atoms with Gasteiger partial charge in [0.25, 0.3) is 5.22 Å². The average Bonchev–Trinajstić information content (AvgIpc) is 3.46. The summed E-state index contributed by atoms with van der Waals surface area (Å²) in [6, 6.07) is 13.2. The molecule has 0 spiro atoms. The number of thiazole rings is 1. The normalized spacial score (nSPS) is 12.5. The maximum Gasteiger partial charge on any atom is 0.277 e. The summed E-state index contributed by atoms with van der Waals surface area (Å²) in [6.45, 7) is 0.230. The Hall–Kier alpha value is -2.55. The smallest absolute Gasteiger partial charge is 0.277 e. The molecule has 9 heteroatoms. The molecule has 0 saturated heterocycles. The third kappa shape index (κ3) is 3.46. The first kappa shape index (κ1) is 17.5. The number of benzene rings is 2. The fourth-order valence-electron chi connectivity index (χ4n) is 2.68. The van der Waals surface area contributed by atoms with Crippen molar-refractivity contribution < 1.29 is 13.9 Å². The van der Waals surface area contributed by atoms with Crippen LogP contribution in [0.15, 0.2) is 57.5 Å². The van der Waals surface area contributed by atoms with E-state index in [2.05, 4.69) is 15.2 Å². The van der Waals surface area contributed by atoms with E-state index < -0.39 is 0 Å². The van der Waals surface area contributed by atoms with Crippen molar-refractivity contribution in [3.05, 3.63) is 58.6 Å². The van der Waals surface area contributed by atoms with Crippen molar-refractivity contribution in [3.63, 3.8) is 0 Å². The Morgan fingerprint density at radius 1 is 1.07 bits per heavy atom. The standard InChI is InChI=1S/C19H12ClN3O3S2/c20-14-4-2-1-3-13(14)18-21-12(8-27-18)9-28-19-23-22-17(26-19)11-5-6-15-16(7-11)25-10-24-15/h1-8H,9-10H2. The van der Waals surface area contributed by atoms with Crippen molar-refractivity contribution in [2.75, 3.05) is 6.79 Å². The lowest BCUT2D eigenvalue weighted by Gasteiger charge is -1.98. The Bertz CT molecular complexity index is 1140. The first-order valence-corrected chi connectivity index (χ1v) is 10.6. The van der Waals surface area contributed by atoms with Gasteiger partial charge in [0, 0.05) is 22.3 Å². The molecular formula is C19H12ClN3O3S2. The Morgan fingerprint density at radius 3 is 2.89 bits per heavy atom. The lowest BCUT2D eigenvalue weighted by atomic mass is 10.2. The molecular weight excluding hydrogens is 418 g/mol. The second-order valence-electron chi connectivity index (χ2n) is 5.85. The van der Waals surface area contributed by atoms with Crippen LogP contribution < -0.4 is 9.47 Å². The van der Waals surface area contributed by atoms with Crippen molar-refractivity contribution in [2.24, 2.45) is 0 Å². The minimum atomic E-state index is 0.230. The average molecular weight is 430 g/mol. The van der Waals surface area contributed by atoms with Crippen LogP contribution in [0.3, 0.4) is 0 Å². The molecule has 5 rings (SSSR count). The van der Waals surface area contributed by atoms with Gasteiger partial charge in [-0.3, -0.25) is 0 Å². The van der Waals surface area contributed by atoms with Crippen LogP contribution in [0.1, 0.15) is 5.69 Å². The van der Waals surface area contributed by atoms with Crippen molar-refractivity contribution in [1.29, 1.82) is 0 Å². The molecule has 4 aromatic rings. The third-order valence-corrected chi connectivity index (χ3v) is 6.13. The summed E-state index contributed by atoms with van der Waals surface area (Å²) < 4.78 is 16.5. The molecule has 0 fully saturated rings. The molecule has 2 aromatic heterocycles. The zero-order valence-electron chi connectivity index (χ0n) is 14.3. The highest BCUT2D eigenvalue weighted by molar-refractivity contribution is 7.98. The molecule has 0 amide bonds. The Morgan fingerprint density at radius 2 is 1.96 bits per heavy atom. The molecule has 0 aliphatic carbocycles. The quantitative estimate of drug-likeness (QED) is 0.386. The summed E-state index contributed by atoms with van der Waals surface area (Å²) in [5.41, 5.74) is 2.67. The van der Waals surface area contributed by atoms with Crippen molar-refractivity contribution in [2.45, 2.75) is 11.0 Å². The summed E-state index contributed by atoms with van der Waals surface area (Å²) in [5.74, 6) is 2.47. The van der Waals surface area contributed by atoms with Crippen LogP contribution in [0.5, 0.6) is 11.5 Å². The number of hydrogen-bond acceptors (Lipinski definition) is 8. The Kier molecular flexibility index (Phi) is 4.67. The molecule has 0 radical (unpaired) electrons. The fraction of sp³-hybridized carbons (Fsp3) is 0.105. The lowest BCUT2D eigenvalue weighted by Crippen LogP contribution is -1.92. The van der Waals surface area contributed by atoms with Gasteiger partial charge in [0.15, 0.2) is 11.5 Å². The van der Waals surface area contributed by atoms with Gasteiger partial charge >= 0.3 is 0 Å². The molecule has 0 atom stereocenters. The van der Waals surface area contributed by atoms with Crippen molar-refractivity contribution >= 4 is 34.7 Å². The molecule has 6 nitrogen and oxygen atoms in total. The molecule has 28 heavy (non-hydrogen) atoms. The topological polar surface area (TPSA) is 70.3 Å². The van der Waals surface area contributed by atoms with Crippen LogP contribution in [-0.4, -0.2) is 22.0 Å². The highest BCUT2D eigenvalue weighted by atomic mass is 35.5. The van der Waals surface area contributed by atoms with E-state index in [9.17, 15) is 0 Å². The summed E-state index contributed by atoms with van der Waals surface area (Å²) in [4.78, 5) is 4.65. The van der Waals surface area contributed by atoms with Crippen LogP contribution >= 0.6 is 34.7 Å². The summed E-state index contributed by atoms with van der Waals surface area (Å²) in [6.07, 6.45) is 0. The lowest BCUT2D eigenvalue weighted by molar-refractivity contribution is 0.174. The number of halogens is 1. The predicted octanol–water partition coefficient (Wildman–Crippen LogP) is 5.53. The van der Waals surface area contributed by atoms with E-state index in [0.717, 1.165) is 27.6 Å². The van der Waals surface area contributed by atoms with E-state index in [-0.39, 0.29) is 6.79 Å². The van der Waals surface area contributed by atoms with Gasteiger partial charge < -0.3 is 13.9 Å². The second kappa shape index (κ2) is 7.46. The monoisotopic (exact) mass is 429 g/mol. The zero-order chi connectivity index (χ0) is 18.9. The summed E-state index contributed by atoms with van der Waals surface area (Å²) in [5, 5.41) is 12.3. The maximum atomic E-state index is 6.25. The van der Waals surface area contributed by atoms with Gasteiger partial charge in [-0.2, -0.15) is 0 Å². The SMILES string of the molecule is Clc1ccccc1-c1nc(CSc2nnc(-c3ccc4c(c3)OCO4)o2)cs1. The van der Waals surface area contributed by atoms with Gasteiger partial charge in [-0.05, 0) is 24.3 Å². The minimum Gasteiger partial charge on any atom is -0.454 e. The van der Waals surface area contributed by atoms with Crippen LogP contribution in [0.2, 0.25) is 5.02 Å². The number of fused-ring (bicyclic) bond motifs is 1. The van der Waals surface area contributed by atoms with Crippen LogP contribution in [-0.2, 0) is 5.75 Å². The second-order valence-corrected chi connectivity index (χ2v) is 8.05. The molecule has 0 unspecified atom stereocenters. The molecule has 3 heterocycles. The van der Waals surface area contributed by atoms with E-state index >= 15 is 0 Å². The van der Waals surface area contributed by atoms with E-state index in [0.29, 0.717) is 27.6 Å². The van der Waals surface area contributed by atoms with Gasteiger partial charge in [-0.25, -0.2) is 4.98 Å². The van der Waals surface area contributed by atoms with Crippen molar-refractivity contribution in [1.82, 2.24) is 15.2 Å². The fourth-order valence-corrected chi connectivity index (χ4v) is 4.58. The summed E-state index contributed by atoms with van der Waals surface area (Å²) >= 11 is 9.25. The number of hydrogen-bond donors (Lipinski definition) is 0. The first-order chi connectivity index (χ1) is 13.8. The van der Waals surface area contributed by atoms with Crippen LogP contribution in [0.25, 0.3) is 22.0 Å². The van der Waals surface area contributed by atoms with E-state index in [1.807, 2.05) is 47.8 Å². The molecule has 0 saturated carbocycles. The Labute approximate surface area is 173 Å². The third-order valence-electron chi connectivity index (χ3n) is 4.03. The molecule has 0 bridgehead atoms. The van der Waals surface area contributed by atoms with Crippen LogP contribution in [0.4, 0.5) is 0 Å². The van der Waals surface area contributed by atoms with Gasteiger partial charge in [0.2, 0.25) is 12.7 Å². The molecule has 0 N–H and O–H groups in total. The maximum absolute atomic E-state index is 6.25. The minimum absolute atomic E-state index is 0.230. The van der Waals surface area contributed by atoms with E-state index in [1.54, 1.807) is 11.3 Å². The number of rotatable bonds is 5. The van der Waals surface area contributed by atoms with E-state index in [4.69, 9.17) is 25.5 Å². The van der Waals surface area contributed by atoms with E-state index in [1.165, 1.54) is 11.8 Å². The number of aromatic nitrogens is 3. The van der Waals surface area contributed by atoms with Gasteiger partial charge in [0.05, 0.1) is 10.7 Å². The summed E-state index contributed by atoms with van der Waals surface area (Å²) in [7, 11) is 0. The molecule has 2 aromatic carbocycles. The molecule has 1 aliphatic rings. The highest BCUT2D eigenvalue weighted by Crippen LogP contribution is 2.36. The van der Waals surface area contributed by atoms with Gasteiger partial charge in [-0.15, -0.1) is 21.5 Å². The first-order valence-electron chi connectivity index (χ1n) is 8.32. The number of ether oxygens (including phenoxy) is 2. The van der Waals surface area contributed by atoms with Gasteiger partial charge in [0.1, 0.15) is 5.01 Å². The van der Waals surface area contributed by atoms with Crippen molar-refractivity contribution in [3.8, 4) is 33.5 Å². The largest absolute Gasteiger partial charge is 0.454 e. The highest BCUT2D eigenvalue weighted by Gasteiger charge is 2.17. The van der Waals surface area contributed by atoms with Crippen LogP contribution in [0, 0.1) is 0 Å². The zero-order valence-corrected chi connectivity index (χ0v) is 16.7. The predicted molar refractivity (Wildman–Crippen MR) is 108 cm³/mol. The number of thioether (sulfide) groups is 1. The number of nitrogens with zero attached hydrogens (tertiary/aromatic N) is 3. The Balaban J connectivity index is 1.28. The molecule has 1 aliphatic heterocycles. The van der Waals surface area contributed by atoms with Gasteiger partial charge in [-0.1, -0.05) is 41.6 Å².